The molecule has 3 heteroatoms. The Morgan fingerprint density at radius 2 is 2.22 bits per heavy atom. The fourth-order valence-corrected chi connectivity index (χ4v) is 3.27. The van der Waals surface area contributed by atoms with E-state index < -0.39 is 5.97 Å². The molecule has 2 aliphatic rings. The highest BCUT2D eigenvalue weighted by atomic mass is 16.4. The van der Waals surface area contributed by atoms with E-state index in [0.717, 1.165) is 25.8 Å². The van der Waals surface area contributed by atoms with E-state index in [0.29, 0.717) is 0 Å². The van der Waals surface area contributed by atoms with Crippen molar-refractivity contribution in [3.8, 4) is 0 Å². The number of para-hydroxylation sites is 1. The number of fused-ring (bicyclic) bond motifs is 1. The third-order valence-electron chi connectivity index (χ3n) is 4.36. The van der Waals surface area contributed by atoms with Gasteiger partial charge in [0, 0.05) is 24.7 Å². The predicted molar refractivity (Wildman–Crippen MR) is 71.2 cm³/mol. The highest BCUT2D eigenvalue weighted by Gasteiger charge is 2.48. The smallest absolute Gasteiger partial charge is 0.304 e. The number of hydrogen-bond donors (Lipinski definition) is 1. The summed E-state index contributed by atoms with van der Waals surface area (Å²) in [5, 5.41) is 9.11. The van der Waals surface area contributed by atoms with Crippen LogP contribution in [0.15, 0.2) is 18.2 Å². The summed E-state index contributed by atoms with van der Waals surface area (Å²) < 4.78 is 0. The maximum absolute atomic E-state index is 11.1. The Hall–Kier alpha value is -1.51. The van der Waals surface area contributed by atoms with E-state index in [-0.39, 0.29) is 11.8 Å². The molecule has 0 amide bonds. The molecule has 1 aliphatic carbocycles. The molecule has 1 heterocycles. The van der Waals surface area contributed by atoms with E-state index in [2.05, 4.69) is 30.1 Å². The zero-order valence-corrected chi connectivity index (χ0v) is 10.8. The van der Waals surface area contributed by atoms with Crippen molar-refractivity contribution in [2.24, 2.45) is 0 Å². The van der Waals surface area contributed by atoms with Crippen molar-refractivity contribution >= 4 is 11.7 Å². The summed E-state index contributed by atoms with van der Waals surface area (Å²) in [6.45, 7) is 1.08. The van der Waals surface area contributed by atoms with Crippen molar-refractivity contribution in [2.45, 2.75) is 37.5 Å². The molecule has 0 spiro atoms. The number of hydrogen-bond acceptors (Lipinski definition) is 2. The molecule has 96 valence electrons. The van der Waals surface area contributed by atoms with Crippen molar-refractivity contribution < 1.29 is 9.90 Å². The van der Waals surface area contributed by atoms with Crippen molar-refractivity contribution in [3.63, 3.8) is 0 Å². The molecule has 18 heavy (non-hydrogen) atoms. The number of aryl methyl sites for hydroxylation is 1. The molecule has 0 bridgehead atoms. The Labute approximate surface area is 107 Å². The van der Waals surface area contributed by atoms with Gasteiger partial charge in [0.05, 0.1) is 6.42 Å². The summed E-state index contributed by atoms with van der Waals surface area (Å²) in [5.74, 6) is -0.677. The second-order valence-electron chi connectivity index (χ2n) is 5.69. The third kappa shape index (κ3) is 1.78. The minimum atomic E-state index is -0.677. The van der Waals surface area contributed by atoms with E-state index in [1.54, 1.807) is 0 Å². The molecule has 3 rings (SSSR count). The second kappa shape index (κ2) is 4.01. The normalized spacial score (nSPS) is 20.4. The first-order valence-electron chi connectivity index (χ1n) is 6.68. The molecule has 0 atom stereocenters. The molecule has 1 aromatic rings. The topological polar surface area (TPSA) is 40.5 Å². The Bertz CT molecular complexity index is 491. The maximum Gasteiger partial charge on any atom is 0.304 e. The third-order valence-corrected chi connectivity index (χ3v) is 4.36. The monoisotopic (exact) mass is 245 g/mol. The van der Waals surface area contributed by atoms with Crippen LogP contribution in [-0.2, 0) is 16.6 Å². The first-order valence-corrected chi connectivity index (χ1v) is 6.68. The summed E-state index contributed by atoms with van der Waals surface area (Å²) >= 11 is 0. The zero-order valence-electron chi connectivity index (χ0n) is 10.8. The number of aliphatic carboxylic acids is 1. The van der Waals surface area contributed by atoms with Gasteiger partial charge < -0.3 is 10.0 Å². The number of carboxylic acid groups (broad SMARTS) is 1. The van der Waals surface area contributed by atoms with Crippen molar-refractivity contribution in [1.29, 1.82) is 0 Å². The summed E-state index contributed by atoms with van der Waals surface area (Å²) in [6.07, 6.45) is 4.63. The van der Waals surface area contributed by atoms with Crippen LogP contribution in [0.2, 0.25) is 0 Å². The SMILES string of the molecule is CN1CCCc2cccc(C3(CC(=O)O)CC3)c21. The average molecular weight is 245 g/mol. The van der Waals surface area contributed by atoms with Gasteiger partial charge in [-0.05, 0) is 36.8 Å². The minimum absolute atomic E-state index is 0.0806. The van der Waals surface area contributed by atoms with Crippen LogP contribution in [0, 0.1) is 0 Å². The van der Waals surface area contributed by atoms with Gasteiger partial charge in [-0.3, -0.25) is 4.79 Å². The van der Waals surface area contributed by atoms with E-state index in [4.69, 9.17) is 5.11 Å². The van der Waals surface area contributed by atoms with Crippen molar-refractivity contribution in [2.75, 3.05) is 18.5 Å². The van der Waals surface area contributed by atoms with Gasteiger partial charge in [-0.2, -0.15) is 0 Å². The molecule has 1 aliphatic heterocycles. The number of rotatable bonds is 3. The lowest BCUT2D eigenvalue weighted by molar-refractivity contribution is -0.137. The molecule has 1 N–H and O–H groups in total. The molecule has 3 nitrogen and oxygen atoms in total. The van der Waals surface area contributed by atoms with Crippen molar-refractivity contribution in [3.05, 3.63) is 29.3 Å². The quantitative estimate of drug-likeness (QED) is 0.889. The highest BCUT2D eigenvalue weighted by molar-refractivity contribution is 5.73. The van der Waals surface area contributed by atoms with Gasteiger partial charge in [0.1, 0.15) is 0 Å². The first-order chi connectivity index (χ1) is 8.62. The maximum atomic E-state index is 11.1. The second-order valence-corrected chi connectivity index (χ2v) is 5.69. The van der Waals surface area contributed by atoms with Crippen LogP contribution in [0.4, 0.5) is 5.69 Å². The average Bonchev–Trinajstić information content (AvgIpc) is 3.09. The van der Waals surface area contributed by atoms with Gasteiger partial charge >= 0.3 is 5.97 Å². The summed E-state index contributed by atoms with van der Waals surface area (Å²) in [4.78, 5) is 13.4. The van der Waals surface area contributed by atoms with Crippen LogP contribution < -0.4 is 4.90 Å². The van der Waals surface area contributed by atoms with Gasteiger partial charge in [-0.25, -0.2) is 0 Å². The summed E-state index contributed by atoms with van der Waals surface area (Å²) in [7, 11) is 2.12. The van der Waals surface area contributed by atoms with Gasteiger partial charge in [-0.15, -0.1) is 0 Å². The molecule has 1 fully saturated rings. The van der Waals surface area contributed by atoms with Crippen LogP contribution in [0.5, 0.6) is 0 Å². The minimum Gasteiger partial charge on any atom is -0.481 e. The van der Waals surface area contributed by atoms with Gasteiger partial charge in [0.15, 0.2) is 0 Å². The lowest BCUT2D eigenvalue weighted by Crippen LogP contribution is -2.28. The zero-order chi connectivity index (χ0) is 12.8. The Morgan fingerprint density at radius 1 is 1.44 bits per heavy atom. The molecule has 0 aromatic heterocycles. The predicted octanol–water partition coefficient (Wildman–Crippen LogP) is 2.58. The fraction of sp³-hybridized carbons (Fsp3) is 0.533. The van der Waals surface area contributed by atoms with E-state index >= 15 is 0 Å². The number of benzene rings is 1. The molecule has 0 unspecified atom stereocenters. The Kier molecular flexibility index (Phi) is 2.58. The van der Waals surface area contributed by atoms with Crippen LogP contribution in [0.25, 0.3) is 0 Å². The van der Waals surface area contributed by atoms with Crippen molar-refractivity contribution in [1.82, 2.24) is 0 Å². The number of nitrogens with zero attached hydrogens (tertiary/aromatic N) is 1. The van der Waals surface area contributed by atoms with Gasteiger partial charge in [-0.1, -0.05) is 18.2 Å². The Balaban J connectivity index is 2.05. The van der Waals surface area contributed by atoms with Gasteiger partial charge in [0.25, 0.3) is 0 Å². The summed E-state index contributed by atoms with van der Waals surface area (Å²) in [5.41, 5.74) is 3.88. The number of anilines is 1. The number of carboxylic acids is 1. The fourth-order valence-electron chi connectivity index (χ4n) is 3.27. The highest BCUT2D eigenvalue weighted by Crippen LogP contribution is 2.54. The van der Waals surface area contributed by atoms with Crippen LogP contribution in [0.3, 0.4) is 0 Å². The largest absolute Gasteiger partial charge is 0.481 e. The first kappa shape index (κ1) is 11.6. The van der Waals surface area contributed by atoms with Crippen LogP contribution in [-0.4, -0.2) is 24.7 Å². The van der Waals surface area contributed by atoms with Crippen LogP contribution in [0.1, 0.15) is 36.8 Å². The molecular weight excluding hydrogens is 226 g/mol. The number of carbonyl (C=O) groups is 1. The van der Waals surface area contributed by atoms with Crippen LogP contribution >= 0.6 is 0 Å². The Morgan fingerprint density at radius 3 is 2.89 bits per heavy atom. The van der Waals surface area contributed by atoms with E-state index in [1.165, 1.54) is 23.2 Å². The molecule has 1 saturated carbocycles. The molecule has 0 saturated heterocycles. The van der Waals surface area contributed by atoms with Gasteiger partial charge in [0.2, 0.25) is 0 Å². The molecule has 0 radical (unpaired) electrons. The lowest BCUT2D eigenvalue weighted by atomic mass is 9.86. The van der Waals surface area contributed by atoms with E-state index in [1.807, 2.05) is 0 Å². The molecular formula is C15H19NO2. The standard InChI is InChI=1S/C15H19NO2/c1-16-9-3-5-11-4-2-6-12(14(11)16)15(7-8-15)10-13(17)18/h2,4,6H,3,5,7-10H2,1H3,(H,17,18). The lowest BCUT2D eigenvalue weighted by Gasteiger charge is -2.32. The van der Waals surface area contributed by atoms with E-state index in [9.17, 15) is 4.79 Å². The molecule has 1 aromatic carbocycles. The summed E-state index contributed by atoms with van der Waals surface area (Å²) in [6, 6.07) is 6.41.